The number of rotatable bonds is 6. The average molecular weight is 492 g/mol. The number of carbonyl (C=O) groups excluding carboxylic acids is 1. The number of furan rings is 1. The average Bonchev–Trinajstić information content (AvgIpc) is 3.37. The molecule has 0 saturated carbocycles. The van der Waals surface area contributed by atoms with Crippen LogP contribution in [-0.4, -0.2) is 71.5 Å². The normalized spacial score (nSPS) is 19.2. The first-order valence-electron chi connectivity index (χ1n) is 12.5. The molecule has 0 aliphatic carbocycles. The molecule has 2 saturated heterocycles. The second kappa shape index (κ2) is 10.8. The molecule has 1 amide bonds. The van der Waals surface area contributed by atoms with Crippen molar-refractivity contribution in [3.63, 3.8) is 0 Å². The molecule has 3 aromatic rings. The van der Waals surface area contributed by atoms with Crippen LogP contribution < -0.4 is 4.90 Å². The SMILES string of the molecule is CC1CCCCN1c1cc(-c2ccccc2)nc(SCc2ccc(C(=O)N3CCN(C)CC3)o2)n1. The molecule has 2 fully saturated rings. The fourth-order valence-electron chi connectivity index (χ4n) is 4.69. The van der Waals surface area contributed by atoms with Gasteiger partial charge in [0.25, 0.3) is 5.91 Å². The zero-order valence-electron chi connectivity index (χ0n) is 20.5. The zero-order valence-corrected chi connectivity index (χ0v) is 21.3. The lowest BCUT2D eigenvalue weighted by atomic mass is 10.0. The summed E-state index contributed by atoms with van der Waals surface area (Å²) in [4.78, 5) is 29.1. The molecule has 7 nitrogen and oxygen atoms in total. The summed E-state index contributed by atoms with van der Waals surface area (Å²) < 4.78 is 5.93. The van der Waals surface area contributed by atoms with Crippen LogP contribution in [0.1, 0.15) is 42.5 Å². The predicted molar refractivity (Wildman–Crippen MR) is 140 cm³/mol. The van der Waals surface area contributed by atoms with Gasteiger partial charge in [0, 0.05) is 50.4 Å². The van der Waals surface area contributed by atoms with E-state index in [-0.39, 0.29) is 5.91 Å². The fourth-order valence-corrected chi connectivity index (χ4v) is 5.44. The summed E-state index contributed by atoms with van der Waals surface area (Å²) in [5, 5.41) is 0.725. The van der Waals surface area contributed by atoms with Crippen LogP contribution in [0.5, 0.6) is 0 Å². The van der Waals surface area contributed by atoms with Gasteiger partial charge in [0.05, 0.1) is 11.4 Å². The molecule has 8 heteroatoms. The highest BCUT2D eigenvalue weighted by Crippen LogP contribution is 2.30. The van der Waals surface area contributed by atoms with E-state index in [4.69, 9.17) is 14.4 Å². The summed E-state index contributed by atoms with van der Waals surface area (Å²) in [5.41, 5.74) is 2.02. The van der Waals surface area contributed by atoms with Crippen molar-refractivity contribution >= 4 is 23.5 Å². The lowest BCUT2D eigenvalue weighted by Crippen LogP contribution is -2.47. The Morgan fingerprint density at radius 3 is 2.60 bits per heavy atom. The van der Waals surface area contributed by atoms with E-state index < -0.39 is 0 Å². The van der Waals surface area contributed by atoms with E-state index in [9.17, 15) is 4.79 Å². The van der Waals surface area contributed by atoms with E-state index >= 15 is 0 Å². The Hall–Kier alpha value is -2.84. The fraction of sp³-hybridized carbons (Fsp3) is 0.444. The number of carbonyl (C=O) groups is 1. The van der Waals surface area contributed by atoms with E-state index in [2.05, 4.69) is 42.0 Å². The lowest BCUT2D eigenvalue weighted by molar-refractivity contribution is 0.0631. The molecule has 2 aliphatic rings. The van der Waals surface area contributed by atoms with Gasteiger partial charge in [-0.2, -0.15) is 0 Å². The quantitative estimate of drug-likeness (QED) is 0.363. The highest BCUT2D eigenvalue weighted by Gasteiger charge is 2.24. The first-order valence-corrected chi connectivity index (χ1v) is 13.5. The molecular weight excluding hydrogens is 458 g/mol. The van der Waals surface area contributed by atoms with Crippen LogP contribution in [0.3, 0.4) is 0 Å². The zero-order chi connectivity index (χ0) is 24.2. The van der Waals surface area contributed by atoms with Gasteiger partial charge in [0.2, 0.25) is 0 Å². The molecule has 4 heterocycles. The summed E-state index contributed by atoms with van der Waals surface area (Å²) >= 11 is 1.55. The third-order valence-electron chi connectivity index (χ3n) is 6.87. The number of nitrogens with zero attached hydrogens (tertiary/aromatic N) is 5. The molecular formula is C27H33N5O2S. The van der Waals surface area contributed by atoms with Crippen LogP contribution >= 0.6 is 11.8 Å². The minimum Gasteiger partial charge on any atom is -0.455 e. The molecule has 1 aromatic carbocycles. The van der Waals surface area contributed by atoms with Gasteiger partial charge in [-0.25, -0.2) is 9.97 Å². The Bertz CT molecular complexity index is 1140. The van der Waals surface area contributed by atoms with Gasteiger partial charge in [0.15, 0.2) is 10.9 Å². The number of thioether (sulfide) groups is 1. The highest BCUT2D eigenvalue weighted by atomic mass is 32.2. The number of aromatic nitrogens is 2. The molecule has 184 valence electrons. The van der Waals surface area contributed by atoms with Crippen molar-refractivity contribution < 1.29 is 9.21 Å². The monoisotopic (exact) mass is 491 g/mol. The third-order valence-corrected chi connectivity index (χ3v) is 7.73. The van der Waals surface area contributed by atoms with E-state index in [1.165, 1.54) is 19.3 Å². The largest absolute Gasteiger partial charge is 0.455 e. The number of piperazine rings is 1. The van der Waals surface area contributed by atoms with E-state index in [0.717, 1.165) is 60.7 Å². The van der Waals surface area contributed by atoms with Crippen molar-refractivity contribution in [2.75, 3.05) is 44.7 Å². The standard InChI is InChI=1S/C27H33N5O2S/c1-20-8-6-7-13-32(20)25-18-23(21-9-4-3-5-10-21)28-27(29-25)35-19-22-11-12-24(34-22)26(33)31-16-14-30(2)15-17-31/h3-5,9-12,18,20H,6-8,13-17,19H2,1-2H3. The van der Waals surface area contributed by atoms with Crippen LogP contribution in [0.4, 0.5) is 5.82 Å². The van der Waals surface area contributed by atoms with Crippen molar-refractivity contribution in [1.29, 1.82) is 0 Å². The van der Waals surface area contributed by atoms with Gasteiger partial charge in [-0.3, -0.25) is 4.79 Å². The number of hydrogen-bond acceptors (Lipinski definition) is 7. The molecule has 35 heavy (non-hydrogen) atoms. The lowest BCUT2D eigenvalue weighted by Gasteiger charge is -2.34. The summed E-state index contributed by atoms with van der Waals surface area (Å²) in [6.45, 7) is 6.55. The van der Waals surface area contributed by atoms with Crippen molar-refractivity contribution in [3.8, 4) is 11.3 Å². The molecule has 2 aromatic heterocycles. The minimum atomic E-state index is -0.0296. The summed E-state index contributed by atoms with van der Waals surface area (Å²) in [6.07, 6.45) is 3.64. The minimum absolute atomic E-state index is 0.0296. The maximum absolute atomic E-state index is 12.8. The number of amides is 1. The van der Waals surface area contributed by atoms with Gasteiger partial charge in [0.1, 0.15) is 11.6 Å². The molecule has 0 bridgehead atoms. The van der Waals surface area contributed by atoms with Crippen molar-refractivity contribution in [1.82, 2.24) is 19.8 Å². The maximum Gasteiger partial charge on any atom is 0.289 e. The van der Waals surface area contributed by atoms with Gasteiger partial charge in [-0.1, -0.05) is 42.1 Å². The Balaban J connectivity index is 1.32. The van der Waals surface area contributed by atoms with E-state index in [1.54, 1.807) is 17.8 Å². The first-order chi connectivity index (χ1) is 17.1. The Morgan fingerprint density at radius 2 is 1.83 bits per heavy atom. The number of hydrogen-bond donors (Lipinski definition) is 0. The van der Waals surface area contributed by atoms with E-state index in [0.29, 0.717) is 17.6 Å². The van der Waals surface area contributed by atoms with Crippen molar-refractivity contribution in [2.45, 2.75) is 43.1 Å². The molecule has 0 radical (unpaired) electrons. The molecule has 0 spiro atoms. The molecule has 5 rings (SSSR count). The second-order valence-electron chi connectivity index (χ2n) is 9.45. The number of anilines is 1. The highest BCUT2D eigenvalue weighted by molar-refractivity contribution is 7.98. The van der Waals surface area contributed by atoms with E-state index in [1.807, 2.05) is 29.2 Å². The maximum atomic E-state index is 12.8. The Kier molecular flexibility index (Phi) is 7.39. The first kappa shape index (κ1) is 23.9. The van der Waals surface area contributed by atoms with Gasteiger partial charge in [-0.05, 0) is 45.4 Å². The topological polar surface area (TPSA) is 65.7 Å². The van der Waals surface area contributed by atoms with Crippen LogP contribution in [0.2, 0.25) is 0 Å². The van der Waals surface area contributed by atoms with Gasteiger partial charge < -0.3 is 19.1 Å². The van der Waals surface area contributed by atoms with Crippen LogP contribution in [0.25, 0.3) is 11.3 Å². The Morgan fingerprint density at radius 1 is 1.03 bits per heavy atom. The summed E-state index contributed by atoms with van der Waals surface area (Å²) in [6, 6.07) is 16.5. The smallest absolute Gasteiger partial charge is 0.289 e. The third kappa shape index (κ3) is 5.70. The van der Waals surface area contributed by atoms with Crippen molar-refractivity contribution in [2.24, 2.45) is 0 Å². The van der Waals surface area contributed by atoms with Gasteiger partial charge >= 0.3 is 0 Å². The number of likely N-dealkylation sites (N-methyl/N-ethyl adjacent to an activating group) is 1. The molecule has 2 aliphatic heterocycles. The molecule has 1 atom stereocenters. The van der Waals surface area contributed by atoms with Crippen LogP contribution in [-0.2, 0) is 5.75 Å². The predicted octanol–water partition coefficient (Wildman–Crippen LogP) is 4.80. The van der Waals surface area contributed by atoms with Crippen LogP contribution in [0, 0.1) is 0 Å². The molecule has 1 unspecified atom stereocenters. The summed E-state index contributed by atoms with van der Waals surface area (Å²) in [7, 11) is 2.08. The van der Waals surface area contributed by atoms with Gasteiger partial charge in [-0.15, -0.1) is 0 Å². The second-order valence-corrected chi connectivity index (χ2v) is 10.4. The van der Waals surface area contributed by atoms with Crippen molar-refractivity contribution in [3.05, 3.63) is 60.1 Å². The summed E-state index contributed by atoms with van der Waals surface area (Å²) in [5.74, 6) is 2.70. The number of piperidine rings is 1. The number of benzene rings is 1. The molecule has 0 N–H and O–H groups in total. The Labute approximate surface area is 211 Å². The van der Waals surface area contributed by atoms with Crippen LogP contribution in [0.15, 0.2) is 58.1 Å².